The van der Waals surface area contributed by atoms with Crippen molar-refractivity contribution in [3.8, 4) is 11.8 Å². The van der Waals surface area contributed by atoms with Gasteiger partial charge in [0.25, 0.3) is 0 Å². The first kappa shape index (κ1) is 24.4. The van der Waals surface area contributed by atoms with Crippen LogP contribution in [0.3, 0.4) is 0 Å². The molecule has 0 amide bonds. The van der Waals surface area contributed by atoms with Crippen molar-refractivity contribution < 1.29 is 0 Å². The SMILES string of the molecule is CCCC/C=[C](/C#Cc1ccccc1)[Sn]([CH2]CCC)([CH2]CCC)[CH2]CCC. The van der Waals surface area contributed by atoms with Gasteiger partial charge in [0.2, 0.25) is 0 Å². The Bertz CT molecular complexity index is 551. The van der Waals surface area contributed by atoms with E-state index in [0.29, 0.717) is 0 Å². The molecule has 0 heterocycles. The van der Waals surface area contributed by atoms with Crippen LogP contribution in [0.2, 0.25) is 13.3 Å². The molecule has 0 aromatic heterocycles. The minimum absolute atomic E-state index is 1.17. The van der Waals surface area contributed by atoms with Gasteiger partial charge in [-0.3, -0.25) is 0 Å². The van der Waals surface area contributed by atoms with E-state index >= 15 is 0 Å². The van der Waals surface area contributed by atoms with Gasteiger partial charge in [-0.15, -0.1) is 0 Å². The molecule has 0 aliphatic carbocycles. The predicted molar refractivity (Wildman–Crippen MR) is 126 cm³/mol. The van der Waals surface area contributed by atoms with Crippen molar-refractivity contribution >= 4 is 18.4 Å². The fraction of sp³-hybridized carbons (Fsp3) is 0.615. The van der Waals surface area contributed by atoms with Crippen LogP contribution in [0.15, 0.2) is 40.0 Å². The van der Waals surface area contributed by atoms with Gasteiger partial charge < -0.3 is 0 Å². The summed E-state index contributed by atoms with van der Waals surface area (Å²) in [7, 11) is 0. The molecule has 0 atom stereocenters. The Balaban J connectivity index is 3.27. The summed E-state index contributed by atoms with van der Waals surface area (Å²) in [6.07, 6.45) is 14.6. The van der Waals surface area contributed by atoms with Crippen LogP contribution >= 0.6 is 0 Å². The van der Waals surface area contributed by atoms with Gasteiger partial charge in [0.1, 0.15) is 0 Å². The molecule has 1 heteroatoms. The third-order valence-electron chi connectivity index (χ3n) is 5.62. The summed E-state index contributed by atoms with van der Waals surface area (Å²) in [5, 5.41) is 0. The zero-order valence-electron chi connectivity index (χ0n) is 18.4. The third-order valence-corrected chi connectivity index (χ3v) is 21.0. The fourth-order valence-corrected chi connectivity index (χ4v) is 19.7. The average Bonchev–Trinajstić information content (AvgIpc) is 2.71. The summed E-state index contributed by atoms with van der Waals surface area (Å²) < 4.78 is 6.17. The summed E-state index contributed by atoms with van der Waals surface area (Å²) in [6, 6.07) is 10.6. The Labute approximate surface area is 174 Å². The van der Waals surface area contributed by atoms with Crippen molar-refractivity contribution in [3.63, 3.8) is 0 Å². The number of hydrogen-bond donors (Lipinski definition) is 0. The van der Waals surface area contributed by atoms with Crippen LogP contribution in [0.5, 0.6) is 0 Å². The van der Waals surface area contributed by atoms with E-state index in [4.69, 9.17) is 0 Å². The van der Waals surface area contributed by atoms with E-state index in [1.54, 1.807) is 3.59 Å². The fourth-order valence-electron chi connectivity index (χ4n) is 3.84. The first-order valence-corrected chi connectivity index (χ1v) is 19.0. The monoisotopic (exact) mass is 474 g/mol. The van der Waals surface area contributed by atoms with E-state index in [9.17, 15) is 0 Å². The van der Waals surface area contributed by atoms with Crippen molar-refractivity contribution in [1.29, 1.82) is 0 Å². The van der Waals surface area contributed by atoms with Crippen LogP contribution in [0.25, 0.3) is 0 Å². The summed E-state index contributed by atoms with van der Waals surface area (Å²) in [6.45, 7) is 9.36. The maximum atomic E-state index is 3.77. The van der Waals surface area contributed by atoms with E-state index in [1.807, 2.05) is 0 Å². The Morgan fingerprint density at radius 3 is 1.78 bits per heavy atom. The number of rotatable bonds is 13. The minimum atomic E-state index is -2.42. The molecule has 0 aliphatic rings. The van der Waals surface area contributed by atoms with Gasteiger partial charge >= 0.3 is 175 Å². The molecular weight excluding hydrogens is 431 g/mol. The van der Waals surface area contributed by atoms with E-state index in [-0.39, 0.29) is 0 Å². The molecule has 0 saturated heterocycles. The van der Waals surface area contributed by atoms with Crippen molar-refractivity contribution in [1.82, 2.24) is 0 Å². The van der Waals surface area contributed by atoms with Gasteiger partial charge in [0.15, 0.2) is 0 Å². The average molecular weight is 473 g/mol. The molecule has 0 saturated carbocycles. The van der Waals surface area contributed by atoms with Crippen molar-refractivity contribution in [2.24, 2.45) is 0 Å². The van der Waals surface area contributed by atoms with Gasteiger partial charge in [-0.1, -0.05) is 0 Å². The van der Waals surface area contributed by atoms with E-state index in [2.05, 4.69) is 75.9 Å². The van der Waals surface area contributed by atoms with Gasteiger partial charge in [0.05, 0.1) is 0 Å². The van der Waals surface area contributed by atoms with Gasteiger partial charge in [-0.2, -0.15) is 0 Å². The molecule has 0 aliphatic heterocycles. The number of unbranched alkanes of at least 4 members (excludes halogenated alkanes) is 5. The standard InChI is InChI=1S/C14H15.3C4H9.Sn/c1-2-3-4-5-6-8-11-14-12-9-7-10-13-14;3*1-3-4-2;/h5,7,9-10,12-13H,2-4H2,1H3;3*1,3-4H2,2H3;. The molecular formula is C26H42Sn. The number of allylic oxidation sites excluding steroid dienone is 2. The topological polar surface area (TPSA) is 0 Å². The predicted octanol–water partition coefficient (Wildman–Crippen LogP) is 8.54. The Morgan fingerprint density at radius 2 is 1.30 bits per heavy atom. The summed E-state index contributed by atoms with van der Waals surface area (Å²) in [4.78, 5) is 0. The second kappa shape index (κ2) is 15.3. The Kier molecular flexibility index (Phi) is 13.8. The first-order chi connectivity index (χ1) is 13.2. The maximum absolute atomic E-state index is 3.77. The molecule has 27 heavy (non-hydrogen) atoms. The second-order valence-electron chi connectivity index (χ2n) is 7.97. The quantitative estimate of drug-likeness (QED) is 0.153. The van der Waals surface area contributed by atoms with Crippen LogP contribution in [-0.2, 0) is 0 Å². The zero-order valence-corrected chi connectivity index (χ0v) is 21.3. The van der Waals surface area contributed by atoms with Crippen LogP contribution in [0.1, 0.15) is 91.0 Å². The summed E-state index contributed by atoms with van der Waals surface area (Å²) in [5.41, 5.74) is 1.17. The third kappa shape index (κ3) is 9.38. The number of benzene rings is 1. The normalized spacial score (nSPS) is 11.9. The van der Waals surface area contributed by atoms with Gasteiger partial charge in [0, 0.05) is 0 Å². The van der Waals surface area contributed by atoms with E-state index in [0.717, 1.165) is 0 Å². The molecule has 150 valence electrons. The molecule has 0 radical (unpaired) electrons. The van der Waals surface area contributed by atoms with Gasteiger partial charge in [-0.05, 0) is 0 Å². The molecule has 1 aromatic rings. The van der Waals surface area contributed by atoms with E-state index in [1.165, 1.54) is 76.7 Å². The van der Waals surface area contributed by atoms with Crippen LogP contribution < -0.4 is 0 Å². The first-order valence-electron chi connectivity index (χ1n) is 11.5. The molecule has 1 rings (SSSR count). The van der Waals surface area contributed by atoms with Crippen molar-refractivity contribution in [3.05, 3.63) is 45.6 Å². The van der Waals surface area contributed by atoms with Crippen LogP contribution in [0.4, 0.5) is 0 Å². The summed E-state index contributed by atoms with van der Waals surface area (Å²) in [5.74, 6) is 7.31. The molecule has 1 aromatic carbocycles. The molecule has 0 nitrogen and oxygen atoms in total. The van der Waals surface area contributed by atoms with Crippen molar-refractivity contribution in [2.45, 2.75) is 98.8 Å². The number of hydrogen-bond acceptors (Lipinski definition) is 0. The summed E-state index contributed by atoms with van der Waals surface area (Å²) >= 11 is -2.42. The Hall–Kier alpha value is -0.681. The molecule has 0 bridgehead atoms. The molecule has 0 fully saturated rings. The van der Waals surface area contributed by atoms with Crippen LogP contribution in [0, 0.1) is 11.8 Å². The molecule has 0 spiro atoms. The van der Waals surface area contributed by atoms with Crippen molar-refractivity contribution in [2.75, 3.05) is 0 Å². The zero-order chi connectivity index (χ0) is 19.8. The van der Waals surface area contributed by atoms with Gasteiger partial charge in [-0.25, -0.2) is 0 Å². The Morgan fingerprint density at radius 1 is 0.778 bits per heavy atom. The molecule has 0 N–H and O–H groups in total. The molecule has 0 unspecified atom stereocenters. The second-order valence-corrected chi connectivity index (χ2v) is 21.1. The van der Waals surface area contributed by atoms with E-state index < -0.39 is 18.4 Å². The van der Waals surface area contributed by atoms with Crippen LogP contribution in [-0.4, -0.2) is 18.4 Å².